The van der Waals surface area contributed by atoms with Crippen LogP contribution in [0, 0.1) is 21.4 Å². The van der Waals surface area contributed by atoms with E-state index in [0.29, 0.717) is 17.7 Å². The number of phenols is 1. The number of aromatic hydroxyl groups is 1. The first-order valence-corrected chi connectivity index (χ1v) is 8.75. The predicted molar refractivity (Wildman–Crippen MR) is 108 cm³/mol. The van der Waals surface area contributed by atoms with Crippen LogP contribution in [-0.4, -0.2) is 32.6 Å². The minimum Gasteiger partial charge on any atom is -0.502 e. The molecule has 0 bridgehead atoms. The summed E-state index contributed by atoms with van der Waals surface area (Å²) in [5.74, 6) is -2.16. The van der Waals surface area contributed by atoms with E-state index in [1.807, 2.05) is 0 Å². The van der Waals surface area contributed by atoms with E-state index in [4.69, 9.17) is 0 Å². The van der Waals surface area contributed by atoms with E-state index in [-0.39, 0.29) is 17.2 Å². The van der Waals surface area contributed by atoms with Crippen LogP contribution in [0.2, 0.25) is 0 Å². The maximum absolute atomic E-state index is 12.5. The Labute approximate surface area is 181 Å². The van der Waals surface area contributed by atoms with Gasteiger partial charge in [-0.3, -0.25) is 19.9 Å². The third kappa shape index (κ3) is 5.41. The first kappa shape index (κ1) is 22.7. The van der Waals surface area contributed by atoms with Crippen LogP contribution in [-0.2, 0) is 0 Å². The summed E-state index contributed by atoms with van der Waals surface area (Å²) >= 11 is 0. The number of phenolic OH excluding ortho intramolecular Hbond substituents is 1. The molecule has 0 unspecified atom stereocenters. The second-order valence-electron chi connectivity index (χ2n) is 6.17. The largest absolute Gasteiger partial charge is 0.573 e. The van der Waals surface area contributed by atoms with Crippen LogP contribution in [0.25, 0.3) is 11.3 Å². The van der Waals surface area contributed by atoms with Gasteiger partial charge in [-0.25, -0.2) is 10.4 Å². The number of aromatic amines is 1. The van der Waals surface area contributed by atoms with Crippen molar-refractivity contribution in [3.05, 3.63) is 74.1 Å². The van der Waals surface area contributed by atoms with Crippen molar-refractivity contribution in [3.63, 3.8) is 0 Å². The Morgan fingerprint density at radius 2 is 2.00 bits per heavy atom. The van der Waals surface area contributed by atoms with Gasteiger partial charge in [-0.1, -0.05) is 30.3 Å². The molecule has 0 atom stereocenters. The molecule has 0 spiro atoms. The lowest BCUT2D eigenvalue weighted by molar-refractivity contribution is -0.386. The Morgan fingerprint density at radius 1 is 1.30 bits per heavy atom. The number of alkyl halides is 3. The van der Waals surface area contributed by atoms with Gasteiger partial charge in [0.2, 0.25) is 11.7 Å². The SMILES string of the molecule is N#Cc1c(-c2ccccc2)nc(NN=Cc2cc(OC(F)(F)F)cc([N+](=O)[O-])c2O)[nH]c1=O. The van der Waals surface area contributed by atoms with Crippen LogP contribution in [0.4, 0.5) is 24.8 Å². The van der Waals surface area contributed by atoms with Gasteiger partial charge in [0.25, 0.3) is 5.56 Å². The second-order valence-corrected chi connectivity index (χ2v) is 6.17. The summed E-state index contributed by atoms with van der Waals surface area (Å²) in [5.41, 5.74) is 0.196. The Morgan fingerprint density at radius 3 is 2.61 bits per heavy atom. The number of nitrogens with zero attached hydrogens (tertiary/aromatic N) is 4. The van der Waals surface area contributed by atoms with Crippen molar-refractivity contribution < 1.29 is 27.9 Å². The topological polar surface area (TPSA) is 167 Å². The second kappa shape index (κ2) is 9.06. The van der Waals surface area contributed by atoms with Gasteiger partial charge in [0.05, 0.1) is 22.9 Å². The number of hydrazone groups is 1. The summed E-state index contributed by atoms with van der Waals surface area (Å²) in [6, 6.07) is 11.1. The first-order valence-electron chi connectivity index (χ1n) is 8.75. The number of halogens is 3. The van der Waals surface area contributed by atoms with E-state index in [1.54, 1.807) is 36.4 Å². The maximum Gasteiger partial charge on any atom is 0.573 e. The zero-order chi connectivity index (χ0) is 24.2. The fourth-order valence-electron chi connectivity index (χ4n) is 2.64. The van der Waals surface area contributed by atoms with Gasteiger partial charge in [-0.05, 0) is 6.07 Å². The minimum absolute atomic E-state index is 0.0404. The lowest BCUT2D eigenvalue weighted by Gasteiger charge is -2.10. The number of ether oxygens (including phenoxy) is 1. The van der Waals surface area contributed by atoms with Crippen molar-refractivity contribution in [3.8, 4) is 28.8 Å². The molecule has 0 aliphatic carbocycles. The number of anilines is 1. The van der Waals surface area contributed by atoms with Crippen LogP contribution in [0.5, 0.6) is 11.5 Å². The molecule has 14 heteroatoms. The number of nitro benzene ring substituents is 1. The Hall–Kier alpha value is -4.93. The van der Waals surface area contributed by atoms with E-state index in [0.717, 1.165) is 6.21 Å². The number of nitriles is 1. The van der Waals surface area contributed by atoms with Crippen LogP contribution < -0.4 is 15.7 Å². The number of hydrogen-bond acceptors (Lipinski definition) is 9. The summed E-state index contributed by atoms with van der Waals surface area (Å²) in [5, 5.41) is 33.9. The smallest absolute Gasteiger partial charge is 0.502 e. The predicted octanol–water partition coefficient (Wildman–Crippen LogP) is 3.27. The van der Waals surface area contributed by atoms with E-state index in [1.165, 1.54) is 0 Å². The van der Waals surface area contributed by atoms with Crippen molar-refractivity contribution in [2.45, 2.75) is 6.36 Å². The van der Waals surface area contributed by atoms with Crippen molar-refractivity contribution in [2.75, 3.05) is 5.43 Å². The number of rotatable bonds is 6. The summed E-state index contributed by atoms with van der Waals surface area (Å²) in [7, 11) is 0. The van der Waals surface area contributed by atoms with Crippen molar-refractivity contribution in [1.82, 2.24) is 9.97 Å². The van der Waals surface area contributed by atoms with Crippen molar-refractivity contribution in [2.24, 2.45) is 5.10 Å². The molecular formula is C19H11F3N6O5. The van der Waals surface area contributed by atoms with Gasteiger partial charge < -0.3 is 9.84 Å². The zero-order valence-electron chi connectivity index (χ0n) is 16.1. The number of aromatic nitrogens is 2. The Bertz CT molecular complexity index is 1330. The molecule has 0 aliphatic rings. The highest BCUT2D eigenvalue weighted by Gasteiger charge is 2.32. The molecule has 0 aliphatic heterocycles. The van der Waals surface area contributed by atoms with Crippen molar-refractivity contribution >= 4 is 17.9 Å². The zero-order valence-corrected chi connectivity index (χ0v) is 16.1. The van der Waals surface area contributed by atoms with E-state index in [2.05, 4.69) is 25.2 Å². The molecule has 0 saturated carbocycles. The van der Waals surface area contributed by atoms with Gasteiger partial charge in [-0.15, -0.1) is 13.2 Å². The van der Waals surface area contributed by atoms with Gasteiger partial charge in [-0.2, -0.15) is 10.4 Å². The summed E-state index contributed by atoms with van der Waals surface area (Å²) in [6.07, 6.45) is -4.37. The molecule has 3 rings (SSSR count). The summed E-state index contributed by atoms with van der Waals surface area (Å²) in [4.78, 5) is 28.5. The molecule has 0 radical (unpaired) electrons. The molecule has 168 valence electrons. The third-order valence-electron chi connectivity index (χ3n) is 3.98. The van der Waals surface area contributed by atoms with E-state index >= 15 is 0 Å². The third-order valence-corrected chi connectivity index (χ3v) is 3.98. The molecule has 1 heterocycles. The minimum atomic E-state index is -5.13. The molecule has 1 aromatic heterocycles. The van der Waals surface area contributed by atoms with E-state index in [9.17, 15) is 38.4 Å². The van der Waals surface area contributed by atoms with Gasteiger partial charge in [0.15, 0.2) is 0 Å². The van der Waals surface area contributed by atoms with Crippen molar-refractivity contribution in [1.29, 1.82) is 5.26 Å². The summed E-state index contributed by atoms with van der Waals surface area (Å²) in [6.45, 7) is 0. The maximum atomic E-state index is 12.5. The number of hydrogen-bond donors (Lipinski definition) is 3. The average Bonchev–Trinajstić information content (AvgIpc) is 2.74. The quantitative estimate of drug-likeness (QED) is 0.286. The number of nitro groups is 1. The fraction of sp³-hybridized carbons (Fsp3) is 0.0526. The highest BCUT2D eigenvalue weighted by atomic mass is 19.4. The normalized spacial score (nSPS) is 11.2. The highest BCUT2D eigenvalue weighted by Crippen LogP contribution is 2.35. The average molecular weight is 460 g/mol. The van der Waals surface area contributed by atoms with E-state index < -0.39 is 39.6 Å². The Kier molecular flexibility index (Phi) is 6.24. The molecule has 0 saturated heterocycles. The number of nitrogens with one attached hydrogen (secondary N) is 2. The molecule has 11 nitrogen and oxygen atoms in total. The van der Waals surface area contributed by atoms with Gasteiger partial charge >= 0.3 is 12.0 Å². The first-order chi connectivity index (χ1) is 15.6. The van der Waals surface area contributed by atoms with Crippen LogP contribution in [0.1, 0.15) is 11.1 Å². The lowest BCUT2D eigenvalue weighted by atomic mass is 10.1. The highest BCUT2D eigenvalue weighted by molar-refractivity contribution is 5.87. The van der Waals surface area contributed by atoms with Gasteiger partial charge in [0, 0.05) is 11.1 Å². The molecular weight excluding hydrogens is 449 g/mol. The van der Waals surface area contributed by atoms with Crippen LogP contribution in [0.3, 0.4) is 0 Å². The van der Waals surface area contributed by atoms with Gasteiger partial charge in [0.1, 0.15) is 17.4 Å². The number of H-pyrrole nitrogens is 1. The fourth-order valence-corrected chi connectivity index (χ4v) is 2.64. The lowest BCUT2D eigenvalue weighted by Crippen LogP contribution is -2.17. The molecule has 3 N–H and O–H groups in total. The molecule has 3 aromatic rings. The van der Waals surface area contributed by atoms with Crippen LogP contribution in [0.15, 0.2) is 52.4 Å². The number of benzene rings is 2. The van der Waals surface area contributed by atoms with Crippen LogP contribution >= 0.6 is 0 Å². The molecule has 33 heavy (non-hydrogen) atoms. The molecule has 0 amide bonds. The Balaban J connectivity index is 1.96. The monoisotopic (exact) mass is 460 g/mol. The summed E-state index contributed by atoms with van der Waals surface area (Å²) < 4.78 is 41.1. The standard InChI is InChI=1S/C19H11F3N6O5/c20-19(21,22)33-12-6-11(16(29)14(7-12)28(31)32)9-24-27-18-25-15(10-4-2-1-3-5-10)13(8-23)17(30)26-18/h1-7,9,29H,(H2,25,26,27,30). The molecule has 2 aromatic carbocycles. The molecule has 0 fully saturated rings.